The van der Waals surface area contributed by atoms with Crippen LogP contribution in [-0.4, -0.2) is 50.1 Å². The molecule has 1 aliphatic heterocycles. The molecule has 0 aliphatic carbocycles. The predicted molar refractivity (Wildman–Crippen MR) is 160 cm³/mol. The first-order valence-electron chi connectivity index (χ1n) is 13.2. The molecule has 3 N–H and O–H groups in total. The van der Waals surface area contributed by atoms with Crippen molar-refractivity contribution in [1.82, 2.24) is 29.9 Å². The lowest BCUT2D eigenvalue weighted by atomic mass is 9.95. The monoisotopic (exact) mass is 603 g/mol. The maximum atomic E-state index is 10.1. The zero-order valence-electron chi connectivity index (χ0n) is 23.1. The Balaban J connectivity index is 1.33. The number of ether oxygens (including phenoxy) is 2. The van der Waals surface area contributed by atoms with E-state index >= 15 is 0 Å². The molecule has 2 atom stereocenters. The minimum atomic E-state index is -0.589. The molecule has 0 unspecified atom stereocenters. The van der Waals surface area contributed by atoms with Gasteiger partial charge in [0.25, 0.3) is 0 Å². The summed E-state index contributed by atoms with van der Waals surface area (Å²) < 4.78 is 13.7. The molecule has 1 fully saturated rings. The second-order valence-corrected chi connectivity index (χ2v) is 11.1. The minimum absolute atomic E-state index is 0.402. The van der Waals surface area contributed by atoms with Gasteiger partial charge in [-0.1, -0.05) is 23.2 Å². The van der Waals surface area contributed by atoms with Crippen LogP contribution in [0.2, 0.25) is 10.0 Å². The number of rotatable bonds is 7. The van der Waals surface area contributed by atoms with Crippen LogP contribution in [0.4, 0.5) is 5.82 Å². The van der Waals surface area contributed by atoms with Gasteiger partial charge in [-0.05, 0) is 31.5 Å². The van der Waals surface area contributed by atoms with Crippen molar-refractivity contribution in [3.05, 3.63) is 75.9 Å². The fourth-order valence-electron chi connectivity index (χ4n) is 5.56. The van der Waals surface area contributed by atoms with E-state index in [1.54, 1.807) is 36.3 Å². The van der Waals surface area contributed by atoms with E-state index in [1.165, 1.54) is 12.4 Å². The fraction of sp³-hybridized carbons (Fsp3) is 0.276. The first kappa shape index (κ1) is 27.8. The Morgan fingerprint density at radius 2 is 1.95 bits per heavy atom. The van der Waals surface area contributed by atoms with E-state index in [0.717, 1.165) is 16.6 Å². The molecule has 5 aromatic rings. The summed E-state index contributed by atoms with van der Waals surface area (Å²) in [6, 6.07) is 9.67. The minimum Gasteiger partial charge on any atom is -0.493 e. The van der Waals surface area contributed by atoms with Gasteiger partial charge in [-0.3, -0.25) is 14.8 Å². The van der Waals surface area contributed by atoms with E-state index in [-0.39, 0.29) is 0 Å². The molecule has 42 heavy (non-hydrogen) atoms. The summed E-state index contributed by atoms with van der Waals surface area (Å²) >= 11 is 12.7. The van der Waals surface area contributed by atoms with Gasteiger partial charge in [0.15, 0.2) is 11.5 Å². The number of halogens is 2. The lowest BCUT2D eigenvalue weighted by Crippen LogP contribution is -2.41. The molecule has 13 heteroatoms. The number of methoxy groups -OCH3 is 1. The van der Waals surface area contributed by atoms with Gasteiger partial charge in [-0.25, -0.2) is 4.98 Å². The lowest BCUT2D eigenvalue weighted by Gasteiger charge is -2.25. The molecule has 1 aromatic carbocycles. The van der Waals surface area contributed by atoms with Crippen molar-refractivity contribution >= 4 is 39.9 Å². The van der Waals surface area contributed by atoms with Crippen molar-refractivity contribution in [2.45, 2.75) is 25.0 Å². The first-order chi connectivity index (χ1) is 20.2. The quantitative estimate of drug-likeness (QED) is 0.258. The number of hydrogen-bond donors (Lipinski definition) is 2. The lowest BCUT2D eigenvalue weighted by molar-refractivity contribution is 0.216. The maximum Gasteiger partial charge on any atom is 0.162 e. The molecule has 4 aromatic heterocycles. The van der Waals surface area contributed by atoms with Crippen LogP contribution in [0.5, 0.6) is 11.5 Å². The van der Waals surface area contributed by atoms with E-state index < -0.39 is 11.6 Å². The summed E-state index contributed by atoms with van der Waals surface area (Å²) in [6.45, 7) is 3.03. The Morgan fingerprint density at radius 3 is 2.64 bits per heavy atom. The first-order valence-corrected chi connectivity index (χ1v) is 13.9. The molecule has 1 aliphatic rings. The smallest absolute Gasteiger partial charge is 0.162 e. The number of benzene rings is 1. The number of nitriles is 1. The number of pyridine rings is 2. The van der Waals surface area contributed by atoms with Gasteiger partial charge in [0.05, 0.1) is 39.5 Å². The van der Waals surface area contributed by atoms with Gasteiger partial charge in [0.2, 0.25) is 0 Å². The largest absolute Gasteiger partial charge is 0.493 e. The molecule has 0 saturated carbocycles. The summed E-state index contributed by atoms with van der Waals surface area (Å²) in [4.78, 5) is 10.8. The van der Waals surface area contributed by atoms with Crippen LogP contribution in [0.3, 0.4) is 0 Å². The summed E-state index contributed by atoms with van der Waals surface area (Å²) in [5.41, 5.74) is 10.2. The third kappa shape index (κ3) is 4.77. The number of aromatic nitrogens is 6. The van der Waals surface area contributed by atoms with Gasteiger partial charge in [-0.15, -0.1) is 0 Å². The Morgan fingerprint density at radius 1 is 1.17 bits per heavy atom. The summed E-state index contributed by atoms with van der Waals surface area (Å²) in [5, 5.41) is 23.5. The molecule has 0 radical (unpaired) electrons. The molecule has 0 amide bonds. The van der Waals surface area contributed by atoms with Gasteiger partial charge in [0, 0.05) is 67.5 Å². The number of nitrogens with zero attached hydrogens (tertiary/aromatic N) is 7. The Labute approximate surface area is 251 Å². The number of hydrogen-bond acceptors (Lipinski definition) is 9. The molecule has 214 valence electrons. The highest BCUT2D eigenvalue weighted by atomic mass is 35.5. The molecular weight excluding hydrogens is 577 g/mol. The summed E-state index contributed by atoms with van der Waals surface area (Å²) in [5.74, 6) is 1.56. The van der Waals surface area contributed by atoms with Crippen LogP contribution in [0.15, 0.2) is 49.1 Å². The average molecular weight is 605 g/mol. The fourth-order valence-corrected chi connectivity index (χ4v) is 6.23. The normalized spacial score (nSPS) is 17.4. The highest BCUT2D eigenvalue weighted by Gasteiger charge is 2.39. The number of aromatic amines is 1. The molecule has 1 saturated heterocycles. The number of nitrogens with two attached hydrogens (primary N) is 1. The third-order valence-corrected chi connectivity index (χ3v) is 8.24. The van der Waals surface area contributed by atoms with Gasteiger partial charge < -0.3 is 20.1 Å². The van der Waals surface area contributed by atoms with Crippen LogP contribution < -0.4 is 20.1 Å². The van der Waals surface area contributed by atoms with E-state index in [9.17, 15) is 5.26 Å². The maximum absolute atomic E-state index is 10.1. The van der Waals surface area contributed by atoms with Crippen molar-refractivity contribution in [2.24, 2.45) is 12.8 Å². The predicted octanol–water partition coefficient (Wildman–Crippen LogP) is 5.14. The SMILES string of the molecule is COc1cc2[nH]nc(-c3cnc(N4CC[C@@](N)(c5ccnn5C)C4)c(C#N)c3)c2cc1O[C@H](C)c1c(Cl)cncc1Cl. The average Bonchev–Trinajstić information content (AvgIpc) is 3.70. The number of anilines is 1. The Bertz CT molecular complexity index is 1830. The van der Waals surface area contributed by atoms with Crippen LogP contribution in [0.1, 0.15) is 36.3 Å². The summed E-state index contributed by atoms with van der Waals surface area (Å²) in [7, 11) is 3.44. The molecule has 0 spiro atoms. The van der Waals surface area contributed by atoms with Crippen molar-refractivity contribution < 1.29 is 9.47 Å². The topological polar surface area (TPSA) is 144 Å². The molecule has 0 bridgehead atoms. The van der Waals surface area contributed by atoms with Gasteiger partial charge in [0.1, 0.15) is 23.7 Å². The summed E-state index contributed by atoms with van der Waals surface area (Å²) in [6.07, 6.45) is 6.72. The zero-order chi connectivity index (χ0) is 29.6. The van der Waals surface area contributed by atoms with Crippen LogP contribution in [0.25, 0.3) is 22.2 Å². The second-order valence-electron chi connectivity index (χ2n) is 10.3. The van der Waals surface area contributed by atoms with Crippen LogP contribution >= 0.6 is 23.2 Å². The zero-order valence-corrected chi connectivity index (χ0v) is 24.6. The molecular formula is C29H27Cl2N9O2. The Hall–Kier alpha value is -4.37. The number of nitrogens with one attached hydrogen (secondary N) is 1. The second kappa shape index (κ2) is 10.8. The van der Waals surface area contributed by atoms with Crippen molar-refractivity contribution in [3.63, 3.8) is 0 Å². The standard InChI is InChI=1S/C29H27Cl2N9O2/c1-16(26-20(30)13-34-14-21(26)31)42-24-9-19-22(10-23(24)41-3)37-38-27(19)18-8-17(11-32)28(35-12-18)40-7-5-29(33,15-40)25-4-6-36-39(25)2/h4,6,8-10,12-14,16H,5,7,15,33H2,1-3H3,(H,37,38)/t16-,29+/m1/s1. The highest BCUT2D eigenvalue weighted by molar-refractivity contribution is 6.35. The van der Waals surface area contributed by atoms with Crippen molar-refractivity contribution in [2.75, 3.05) is 25.1 Å². The van der Waals surface area contributed by atoms with Crippen LogP contribution in [-0.2, 0) is 12.6 Å². The van der Waals surface area contributed by atoms with Gasteiger partial charge in [-0.2, -0.15) is 15.5 Å². The van der Waals surface area contributed by atoms with Gasteiger partial charge >= 0.3 is 0 Å². The molecule has 6 rings (SSSR count). The number of H-pyrrole nitrogens is 1. The third-order valence-electron chi connectivity index (χ3n) is 7.64. The molecule has 5 heterocycles. The van der Waals surface area contributed by atoms with Crippen molar-refractivity contribution in [3.8, 4) is 28.8 Å². The highest BCUT2D eigenvalue weighted by Crippen LogP contribution is 2.40. The number of fused-ring (bicyclic) bond motifs is 1. The Kier molecular flexibility index (Phi) is 7.14. The van der Waals surface area contributed by atoms with E-state index in [0.29, 0.717) is 69.3 Å². The number of aryl methyl sites for hydroxylation is 1. The van der Waals surface area contributed by atoms with E-state index in [4.69, 9.17) is 43.4 Å². The van der Waals surface area contributed by atoms with Crippen LogP contribution in [0, 0.1) is 11.3 Å². The van der Waals surface area contributed by atoms with E-state index in [1.807, 2.05) is 31.0 Å². The van der Waals surface area contributed by atoms with E-state index in [2.05, 4.69) is 26.3 Å². The van der Waals surface area contributed by atoms with Crippen molar-refractivity contribution in [1.29, 1.82) is 5.26 Å². The molecule has 11 nitrogen and oxygen atoms in total.